The Balaban J connectivity index is 0.000000505. The summed E-state index contributed by atoms with van der Waals surface area (Å²) in [5, 5.41) is 20.4. The van der Waals surface area contributed by atoms with Gasteiger partial charge < -0.3 is 9.84 Å². The Morgan fingerprint density at radius 3 is 2.29 bits per heavy atom. The highest BCUT2D eigenvalue weighted by Gasteiger charge is 2.39. The van der Waals surface area contributed by atoms with Crippen molar-refractivity contribution in [3.05, 3.63) is 40.7 Å². The third-order valence-corrected chi connectivity index (χ3v) is 7.81. The number of alkyl halides is 3. The van der Waals surface area contributed by atoms with Crippen LogP contribution in [-0.2, 0) is 32.8 Å². The van der Waals surface area contributed by atoms with Gasteiger partial charge in [-0.2, -0.15) is 18.0 Å². The molecule has 2 heterocycles. The van der Waals surface area contributed by atoms with Crippen LogP contribution in [0.4, 0.5) is 13.2 Å². The number of nitrogens with zero attached hydrogens (tertiary/aromatic N) is 5. The van der Waals surface area contributed by atoms with Gasteiger partial charge in [-0.25, -0.2) is 13.2 Å². The molecule has 2 aliphatic rings. The molecule has 0 radical (unpaired) electrons. The zero-order valence-corrected chi connectivity index (χ0v) is 22.6. The number of hydrogen-bond donors (Lipinski definition) is 1. The Morgan fingerprint density at radius 2 is 1.79 bits per heavy atom. The van der Waals surface area contributed by atoms with Gasteiger partial charge in [0, 0.05) is 35.8 Å². The maximum absolute atomic E-state index is 11.9. The van der Waals surface area contributed by atoms with Gasteiger partial charge in [-0.05, 0) is 55.0 Å². The molecule has 2 fully saturated rings. The van der Waals surface area contributed by atoms with Crippen molar-refractivity contribution in [2.24, 2.45) is 7.05 Å². The smallest absolute Gasteiger partial charge is 0.475 e. The van der Waals surface area contributed by atoms with Crippen LogP contribution in [0.25, 0.3) is 0 Å². The van der Waals surface area contributed by atoms with Crippen LogP contribution in [0.5, 0.6) is 0 Å². The molecule has 10 nitrogen and oxygen atoms in total. The lowest BCUT2D eigenvalue weighted by molar-refractivity contribution is -0.192. The summed E-state index contributed by atoms with van der Waals surface area (Å²) >= 11 is 6.04. The molecule has 1 saturated heterocycles. The number of tetrazole rings is 1. The van der Waals surface area contributed by atoms with Crippen molar-refractivity contribution in [3.8, 4) is 0 Å². The molecule has 15 heteroatoms. The molecular weight excluding hydrogens is 551 g/mol. The van der Waals surface area contributed by atoms with Crippen molar-refractivity contribution in [1.29, 1.82) is 0 Å². The lowest BCUT2D eigenvalue weighted by atomic mass is 9.83. The van der Waals surface area contributed by atoms with Gasteiger partial charge in [-0.1, -0.05) is 23.7 Å². The average molecular weight is 582 g/mol. The molecule has 1 aliphatic carbocycles. The first-order chi connectivity index (χ1) is 17.7. The fraction of sp³-hybridized carbons (Fsp3) is 0.652. The van der Waals surface area contributed by atoms with Crippen LogP contribution in [-0.4, -0.2) is 94.1 Å². The van der Waals surface area contributed by atoms with Gasteiger partial charge in [0.1, 0.15) is 9.84 Å². The van der Waals surface area contributed by atoms with E-state index in [1.54, 1.807) is 7.05 Å². The van der Waals surface area contributed by atoms with Crippen LogP contribution in [0.3, 0.4) is 0 Å². The summed E-state index contributed by atoms with van der Waals surface area (Å²) in [4.78, 5) is 12.9. The van der Waals surface area contributed by atoms with Crippen molar-refractivity contribution in [2.45, 2.75) is 62.4 Å². The largest absolute Gasteiger partial charge is 0.490 e. The van der Waals surface area contributed by atoms with Crippen LogP contribution < -0.4 is 0 Å². The Bertz CT molecular complexity index is 1170. The summed E-state index contributed by atoms with van der Waals surface area (Å²) in [6, 6.07) is 8.55. The van der Waals surface area contributed by atoms with Gasteiger partial charge in [0.15, 0.2) is 5.82 Å². The van der Waals surface area contributed by atoms with E-state index in [0.717, 1.165) is 43.0 Å². The van der Waals surface area contributed by atoms with Gasteiger partial charge in [0.05, 0.1) is 25.5 Å². The average Bonchev–Trinajstić information content (AvgIpc) is 3.27. The van der Waals surface area contributed by atoms with Crippen molar-refractivity contribution < 1.29 is 36.2 Å². The predicted molar refractivity (Wildman–Crippen MR) is 133 cm³/mol. The highest BCUT2D eigenvalue weighted by Crippen LogP contribution is 2.35. The van der Waals surface area contributed by atoms with Crippen LogP contribution in [0, 0.1) is 0 Å². The Kier molecular flexibility index (Phi) is 10.1. The number of morpholine rings is 1. The van der Waals surface area contributed by atoms with Crippen molar-refractivity contribution in [2.75, 3.05) is 25.2 Å². The van der Waals surface area contributed by atoms with Gasteiger partial charge in [-0.15, -0.1) is 10.2 Å². The van der Waals surface area contributed by atoms with Crippen LogP contribution in [0.2, 0.25) is 5.02 Å². The molecule has 1 aromatic heterocycles. The molecule has 0 bridgehead atoms. The summed E-state index contributed by atoms with van der Waals surface area (Å²) in [5.74, 6) is -1.52. The Morgan fingerprint density at radius 1 is 1.18 bits per heavy atom. The summed E-state index contributed by atoms with van der Waals surface area (Å²) in [6.07, 6.45) is 0.859. The first-order valence-electron chi connectivity index (χ1n) is 12.0. The zero-order valence-electron chi connectivity index (χ0n) is 21.0. The highest BCUT2D eigenvalue weighted by molar-refractivity contribution is 7.90. The molecule has 0 unspecified atom stereocenters. The lowest BCUT2D eigenvalue weighted by Crippen LogP contribution is -2.56. The lowest BCUT2D eigenvalue weighted by Gasteiger charge is -2.46. The molecule has 0 amide bonds. The van der Waals surface area contributed by atoms with Crippen molar-refractivity contribution in [1.82, 2.24) is 25.1 Å². The fourth-order valence-electron chi connectivity index (χ4n) is 4.86. The highest BCUT2D eigenvalue weighted by atomic mass is 35.5. The number of hydrogen-bond acceptors (Lipinski definition) is 8. The molecule has 2 atom stereocenters. The van der Waals surface area contributed by atoms with Gasteiger partial charge in [0.2, 0.25) is 0 Å². The summed E-state index contributed by atoms with van der Waals surface area (Å²) in [6.45, 7) is 1.18. The van der Waals surface area contributed by atoms with E-state index in [-0.39, 0.29) is 17.9 Å². The Hall–Kier alpha value is -2.29. The van der Waals surface area contributed by atoms with Crippen LogP contribution >= 0.6 is 11.6 Å². The fourth-order valence-corrected chi connectivity index (χ4v) is 5.87. The van der Waals surface area contributed by atoms with E-state index in [0.29, 0.717) is 25.1 Å². The second kappa shape index (κ2) is 12.7. The molecule has 1 aromatic carbocycles. The zero-order chi connectivity index (χ0) is 28.1. The Labute approximate surface area is 224 Å². The van der Waals surface area contributed by atoms with Crippen LogP contribution in [0.1, 0.15) is 43.0 Å². The molecule has 4 rings (SSSR count). The number of sulfone groups is 1. The number of halogens is 4. The summed E-state index contributed by atoms with van der Waals surface area (Å²) < 4.78 is 61.4. The van der Waals surface area contributed by atoms with E-state index >= 15 is 0 Å². The molecule has 2 aromatic rings. The predicted octanol–water partition coefficient (Wildman–Crippen LogP) is 2.88. The third-order valence-electron chi connectivity index (χ3n) is 6.58. The van der Waals surface area contributed by atoms with E-state index in [2.05, 4.69) is 32.4 Å². The minimum atomic E-state index is -5.08. The monoisotopic (exact) mass is 581 g/mol. The molecule has 212 valence electrons. The molecule has 0 spiro atoms. The number of carbonyl (C=O) groups is 1. The molecule has 38 heavy (non-hydrogen) atoms. The first-order valence-corrected chi connectivity index (χ1v) is 14.5. The van der Waals surface area contributed by atoms with Gasteiger partial charge in [0.25, 0.3) is 0 Å². The van der Waals surface area contributed by atoms with Crippen molar-refractivity contribution in [3.63, 3.8) is 0 Å². The number of carboxylic acid groups (broad SMARTS) is 1. The number of carboxylic acids is 1. The van der Waals surface area contributed by atoms with Crippen molar-refractivity contribution >= 4 is 27.4 Å². The second-order valence-corrected chi connectivity index (χ2v) is 12.3. The maximum atomic E-state index is 11.9. The molecule has 1 N–H and O–H groups in total. The van der Waals surface area contributed by atoms with Gasteiger partial charge >= 0.3 is 12.1 Å². The molecule has 1 saturated carbocycles. The van der Waals surface area contributed by atoms with E-state index < -0.39 is 22.0 Å². The number of benzene rings is 1. The van der Waals surface area contributed by atoms with E-state index in [9.17, 15) is 21.6 Å². The second-order valence-electron chi connectivity index (χ2n) is 9.67. The normalized spacial score (nSPS) is 24.9. The third kappa shape index (κ3) is 9.17. The number of aliphatic carboxylic acids is 1. The quantitative estimate of drug-likeness (QED) is 0.547. The minimum Gasteiger partial charge on any atom is -0.475 e. The summed E-state index contributed by atoms with van der Waals surface area (Å²) in [7, 11) is -1.30. The van der Waals surface area contributed by atoms with Gasteiger partial charge in [-0.3, -0.25) is 4.90 Å². The molecular formula is C23H31ClF3N5O5S. The number of aromatic nitrogens is 4. The number of aryl methyl sites for hydroxylation is 1. The van der Waals surface area contributed by atoms with E-state index in [1.807, 2.05) is 12.1 Å². The standard InChI is InChI=1S/C21H30ClN5O3S.C2HF3O2/c1-26-24-21(23-25-26)16-5-9-18(10-6-16)27-12-20(14-31(2,28)29)30-13-19(27)11-15-3-7-17(22)8-4-15;3-2(4,5)1(6)7/h3-4,7-8,16,18-20H,5-6,9-14H2,1-2H3;(H,6,7)/t16?,18?,19-,20+;/m0./s1. The van der Waals surface area contributed by atoms with E-state index in [1.165, 1.54) is 16.6 Å². The first kappa shape index (κ1) is 30.3. The number of rotatable bonds is 6. The SMILES string of the molecule is Cn1nnc(C2CCC(N3C[C@H](CS(C)(=O)=O)OC[C@@H]3Cc3ccc(Cl)cc3)CC2)n1.O=C(O)C(F)(F)F. The summed E-state index contributed by atoms with van der Waals surface area (Å²) in [5.41, 5.74) is 1.21. The van der Waals surface area contributed by atoms with Crippen LogP contribution in [0.15, 0.2) is 24.3 Å². The maximum Gasteiger partial charge on any atom is 0.490 e. The number of ether oxygens (including phenoxy) is 1. The van der Waals surface area contributed by atoms with E-state index in [4.69, 9.17) is 26.2 Å². The topological polar surface area (TPSA) is 128 Å². The minimum absolute atomic E-state index is 0.0655. The molecule has 1 aliphatic heterocycles.